The first-order valence-electron chi connectivity index (χ1n) is 6.55. The molecule has 0 bridgehead atoms. The maximum Gasteiger partial charge on any atom is 0.252 e. The van der Waals surface area contributed by atoms with E-state index in [2.05, 4.69) is 10.3 Å². The van der Waals surface area contributed by atoms with Crippen LogP contribution in [0.3, 0.4) is 0 Å². The van der Waals surface area contributed by atoms with Crippen molar-refractivity contribution < 1.29 is 5.11 Å². The van der Waals surface area contributed by atoms with Crippen LogP contribution in [-0.4, -0.2) is 22.2 Å². The second kappa shape index (κ2) is 5.55. The highest BCUT2D eigenvalue weighted by Crippen LogP contribution is 2.12. The number of rotatable bonds is 5. The van der Waals surface area contributed by atoms with Gasteiger partial charge in [-0.3, -0.25) is 4.79 Å². The highest BCUT2D eigenvalue weighted by Gasteiger charge is 2.20. The lowest BCUT2D eigenvalue weighted by molar-refractivity contribution is 0.169. The summed E-state index contributed by atoms with van der Waals surface area (Å²) in [6.45, 7) is 4.45. The van der Waals surface area contributed by atoms with Gasteiger partial charge in [0, 0.05) is 23.2 Å². The molecule has 2 aromatic rings. The Morgan fingerprint density at radius 2 is 2.11 bits per heavy atom. The van der Waals surface area contributed by atoms with Crippen LogP contribution in [0.2, 0.25) is 0 Å². The highest BCUT2D eigenvalue weighted by molar-refractivity contribution is 5.78. The number of aliphatic hydroxyl groups is 1. The zero-order chi connectivity index (χ0) is 13.9. The van der Waals surface area contributed by atoms with Crippen molar-refractivity contribution in [2.45, 2.75) is 32.4 Å². The minimum Gasteiger partial charge on any atom is -0.394 e. The molecule has 2 rings (SSSR count). The van der Waals surface area contributed by atoms with Crippen molar-refractivity contribution in [3.63, 3.8) is 0 Å². The van der Waals surface area contributed by atoms with Gasteiger partial charge in [-0.05, 0) is 30.9 Å². The van der Waals surface area contributed by atoms with E-state index in [1.165, 1.54) is 0 Å². The third-order valence-electron chi connectivity index (χ3n) is 3.67. The maximum absolute atomic E-state index is 12.0. The molecule has 0 aliphatic heterocycles. The zero-order valence-electron chi connectivity index (χ0n) is 11.4. The van der Waals surface area contributed by atoms with Gasteiger partial charge < -0.3 is 15.4 Å². The van der Waals surface area contributed by atoms with Crippen molar-refractivity contribution >= 4 is 10.9 Å². The van der Waals surface area contributed by atoms with Crippen molar-refractivity contribution in [3.05, 3.63) is 46.2 Å². The molecular weight excluding hydrogens is 240 g/mol. The zero-order valence-corrected chi connectivity index (χ0v) is 11.4. The fourth-order valence-corrected chi connectivity index (χ4v) is 1.93. The molecule has 0 saturated carbocycles. The number of para-hydroxylation sites is 1. The predicted molar refractivity (Wildman–Crippen MR) is 77.2 cm³/mol. The molecule has 4 heteroatoms. The summed E-state index contributed by atoms with van der Waals surface area (Å²) >= 11 is 0. The van der Waals surface area contributed by atoms with Crippen molar-refractivity contribution in [1.82, 2.24) is 10.3 Å². The standard InChI is InChI=1S/C15H20N2O2/c1-3-15(2,10-18)16-9-12-8-11-6-4-5-7-13(11)17-14(12)19/h4-8,16,18H,3,9-10H2,1-2H3,(H,17,19). The van der Waals surface area contributed by atoms with Crippen molar-refractivity contribution in [1.29, 1.82) is 0 Å². The van der Waals surface area contributed by atoms with Gasteiger partial charge in [-0.1, -0.05) is 25.1 Å². The number of aromatic nitrogens is 1. The number of pyridine rings is 1. The summed E-state index contributed by atoms with van der Waals surface area (Å²) in [5.74, 6) is 0. The first kappa shape index (κ1) is 13.8. The largest absolute Gasteiger partial charge is 0.394 e. The molecular formula is C15H20N2O2. The Morgan fingerprint density at radius 1 is 1.37 bits per heavy atom. The number of fused-ring (bicyclic) bond motifs is 1. The lowest BCUT2D eigenvalue weighted by Gasteiger charge is -2.27. The van der Waals surface area contributed by atoms with Crippen LogP contribution in [0.4, 0.5) is 0 Å². The predicted octanol–water partition coefficient (Wildman–Crippen LogP) is 1.78. The first-order valence-corrected chi connectivity index (χ1v) is 6.55. The van der Waals surface area contributed by atoms with Gasteiger partial charge >= 0.3 is 0 Å². The molecule has 4 nitrogen and oxygen atoms in total. The second-order valence-electron chi connectivity index (χ2n) is 5.14. The Labute approximate surface area is 112 Å². The molecule has 1 unspecified atom stereocenters. The summed E-state index contributed by atoms with van der Waals surface area (Å²) in [6.07, 6.45) is 0.801. The van der Waals surface area contributed by atoms with E-state index in [4.69, 9.17) is 0 Å². The maximum atomic E-state index is 12.0. The third-order valence-corrected chi connectivity index (χ3v) is 3.67. The fraction of sp³-hybridized carbons (Fsp3) is 0.400. The topological polar surface area (TPSA) is 65.1 Å². The third kappa shape index (κ3) is 3.03. The Hall–Kier alpha value is -1.65. The Balaban J connectivity index is 2.26. The second-order valence-corrected chi connectivity index (χ2v) is 5.14. The number of aliphatic hydroxyl groups excluding tert-OH is 1. The van der Waals surface area contributed by atoms with Gasteiger partial charge in [-0.2, -0.15) is 0 Å². The molecule has 0 fully saturated rings. The highest BCUT2D eigenvalue weighted by atomic mass is 16.3. The van der Waals surface area contributed by atoms with Gasteiger partial charge in [0.05, 0.1) is 6.61 Å². The number of hydrogen-bond donors (Lipinski definition) is 3. The summed E-state index contributed by atoms with van der Waals surface area (Å²) in [6, 6.07) is 9.60. The number of benzene rings is 1. The SMILES string of the molecule is CCC(C)(CO)NCc1cc2ccccc2[nH]c1=O. The van der Waals surface area contributed by atoms with E-state index < -0.39 is 0 Å². The van der Waals surface area contributed by atoms with E-state index in [0.29, 0.717) is 12.1 Å². The summed E-state index contributed by atoms with van der Waals surface area (Å²) in [4.78, 5) is 14.8. The van der Waals surface area contributed by atoms with E-state index in [-0.39, 0.29) is 17.7 Å². The lowest BCUT2D eigenvalue weighted by atomic mass is 10.00. The molecule has 0 amide bonds. The van der Waals surface area contributed by atoms with E-state index in [0.717, 1.165) is 17.3 Å². The van der Waals surface area contributed by atoms with Crippen LogP contribution < -0.4 is 10.9 Å². The number of hydrogen-bond acceptors (Lipinski definition) is 3. The van der Waals surface area contributed by atoms with E-state index >= 15 is 0 Å². The molecule has 0 aliphatic rings. The van der Waals surface area contributed by atoms with Crippen LogP contribution in [0.5, 0.6) is 0 Å². The van der Waals surface area contributed by atoms with Crippen LogP contribution in [0, 0.1) is 0 Å². The molecule has 0 aliphatic carbocycles. The van der Waals surface area contributed by atoms with Gasteiger partial charge in [-0.25, -0.2) is 0 Å². The van der Waals surface area contributed by atoms with Crippen LogP contribution in [0.1, 0.15) is 25.8 Å². The molecule has 1 atom stereocenters. The summed E-state index contributed by atoms with van der Waals surface area (Å²) in [5, 5.41) is 13.6. The summed E-state index contributed by atoms with van der Waals surface area (Å²) in [7, 11) is 0. The minimum atomic E-state index is -0.349. The molecule has 3 N–H and O–H groups in total. The summed E-state index contributed by atoms with van der Waals surface area (Å²) < 4.78 is 0. The van der Waals surface area contributed by atoms with E-state index in [1.807, 2.05) is 44.2 Å². The van der Waals surface area contributed by atoms with Crippen molar-refractivity contribution in [3.8, 4) is 0 Å². The van der Waals surface area contributed by atoms with Gasteiger partial charge in [0.1, 0.15) is 0 Å². The first-order chi connectivity index (χ1) is 9.08. The van der Waals surface area contributed by atoms with Crippen LogP contribution in [0.25, 0.3) is 10.9 Å². The monoisotopic (exact) mass is 260 g/mol. The number of H-pyrrole nitrogens is 1. The molecule has 0 spiro atoms. The summed E-state index contributed by atoms with van der Waals surface area (Å²) in [5.41, 5.74) is 1.10. The Morgan fingerprint density at radius 3 is 2.79 bits per heavy atom. The Kier molecular flexibility index (Phi) is 4.02. The average molecular weight is 260 g/mol. The van der Waals surface area contributed by atoms with Crippen molar-refractivity contribution in [2.24, 2.45) is 0 Å². The van der Waals surface area contributed by atoms with Gasteiger partial charge in [0.25, 0.3) is 5.56 Å². The van der Waals surface area contributed by atoms with E-state index in [9.17, 15) is 9.90 Å². The van der Waals surface area contributed by atoms with Gasteiger partial charge in [0.2, 0.25) is 0 Å². The molecule has 0 radical (unpaired) electrons. The van der Waals surface area contributed by atoms with Crippen LogP contribution >= 0.6 is 0 Å². The van der Waals surface area contributed by atoms with E-state index in [1.54, 1.807) is 0 Å². The molecule has 1 heterocycles. The van der Waals surface area contributed by atoms with Gasteiger partial charge in [-0.15, -0.1) is 0 Å². The number of aromatic amines is 1. The average Bonchev–Trinajstić information content (AvgIpc) is 2.44. The fourth-order valence-electron chi connectivity index (χ4n) is 1.93. The lowest BCUT2D eigenvalue weighted by Crippen LogP contribution is -2.45. The van der Waals surface area contributed by atoms with Crippen LogP contribution in [0.15, 0.2) is 35.1 Å². The van der Waals surface area contributed by atoms with Crippen molar-refractivity contribution in [2.75, 3.05) is 6.61 Å². The smallest absolute Gasteiger partial charge is 0.252 e. The molecule has 1 aromatic carbocycles. The normalized spacial score (nSPS) is 14.5. The van der Waals surface area contributed by atoms with Crippen LogP contribution in [-0.2, 0) is 6.54 Å². The Bertz CT molecular complexity index is 615. The molecule has 19 heavy (non-hydrogen) atoms. The minimum absolute atomic E-state index is 0.0506. The van der Waals surface area contributed by atoms with Gasteiger partial charge in [0.15, 0.2) is 0 Å². The molecule has 0 saturated heterocycles. The molecule has 1 aromatic heterocycles. The quantitative estimate of drug-likeness (QED) is 0.767. The number of nitrogens with one attached hydrogen (secondary N) is 2. The molecule has 102 valence electrons.